The predicted octanol–water partition coefficient (Wildman–Crippen LogP) is 1.78. The van der Waals surface area contributed by atoms with Crippen LogP contribution in [-0.2, 0) is 16.3 Å². The molecule has 1 atom stereocenters. The fraction of sp³-hybridized carbons (Fsp3) is 0.250. The summed E-state index contributed by atoms with van der Waals surface area (Å²) < 4.78 is 18.4. The van der Waals surface area contributed by atoms with Crippen LogP contribution in [-0.4, -0.2) is 10.8 Å². The highest BCUT2D eigenvalue weighted by Crippen LogP contribution is 2.24. The van der Waals surface area contributed by atoms with Gasteiger partial charge in [0.1, 0.15) is 9.92 Å². The largest absolute Gasteiger partial charge is 0.384 e. The molecular weight excluding hydrogens is 257 g/mol. The molecule has 0 bridgehead atoms. The van der Waals surface area contributed by atoms with Crippen LogP contribution in [0.1, 0.15) is 5.56 Å². The molecule has 0 spiro atoms. The molecule has 15 heavy (non-hydrogen) atoms. The second-order valence-electron chi connectivity index (χ2n) is 3.10. The van der Waals surface area contributed by atoms with Gasteiger partial charge in [-0.05, 0) is 24.1 Å². The van der Waals surface area contributed by atoms with Crippen LogP contribution in [0.3, 0.4) is 0 Å². The molecule has 86 valence electrons. The van der Waals surface area contributed by atoms with Crippen molar-refractivity contribution in [3.05, 3.63) is 23.8 Å². The molecule has 2 rings (SSSR count). The Morgan fingerprint density at radius 3 is 2.67 bits per heavy atom. The van der Waals surface area contributed by atoms with Crippen molar-refractivity contribution in [1.29, 1.82) is 4.78 Å². The quantitative estimate of drug-likeness (QED) is 0.727. The number of hydrogen-bond acceptors (Lipinski definition) is 3. The number of halogens is 2. The van der Waals surface area contributed by atoms with E-state index in [0.29, 0.717) is 4.90 Å². The lowest BCUT2D eigenvalue weighted by atomic mass is 10.2. The van der Waals surface area contributed by atoms with Crippen LogP contribution in [0.4, 0.5) is 5.69 Å². The molecule has 1 aromatic rings. The van der Waals surface area contributed by atoms with Crippen LogP contribution in [0, 0.1) is 4.78 Å². The molecule has 4 N–H and O–H groups in total. The average Bonchev–Trinajstić information content (AvgIpc) is 2.47. The number of nitrogens with two attached hydrogens (primary N) is 1. The van der Waals surface area contributed by atoms with Crippen molar-refractivity contribution in [3.8, 4) is 0 Å². The van der Waals surface area contributed by atoms with E-state index in [1.165, 1.54) is 5.56 Å². The van der Waals surface area contributed by atoms with E-state index in [2.05, 4.69) is 5.32 Å². The first-order valence-corrected chi connectivity index (χ1v) is 5.63. The average molecular weight is 270 g/mol. The fourth-order valence-electron chi connectivity index (χ4n) is 1.46. The summed E-state index contributed by atoms with van der Waals surface area (Å²) in [5.74, 6) is 0. The summed E-state index contributed by atoms with van der Waals surface area (Å²) in [4.78, 5) is 0.389. The minimum atomic E-state index is -3.06. The standard InChI is InChI=1S/C8H11N3OS.2ClH/c9-13(10,12)7-2-1-6-3-4-11-8(6)5-7;;/h1-2,5,11H,3-4H2,(H3,9,10,12);2*1H. The minimum absolute atomic E-state index is 0. The topological polar surface area (TPSA) is 79.0 Å². The number of hydrogen-bond donors (Lipinski definition) is 3. The zero-order valence-corrected chi connectivity index (χ0v) is 10.3. The highest BCUT2D eigenvalue weighted by molar-refractivity contribution is 7.90. The lowest BCUT2D eigenvalue weighted by Gasteiger charge is -2.04. The number of fused-ring (bicyclic) bond motifs is 1. The summed E-state index contributed by atoms with van der Waals surface area (Å²) in [7, 11) is -3.06. The number of rotatable bonds is 1. The molecule has 1 aromatic carbocycles. The molecule has 1 heterocycles. The normalized spacial score (nSPS) is 16.3. The maximum absolute atomic E-state index is 11.2. The second-order valence-corrected chi connectivity index (χ2v) is 4.77. The van der Waals surface area contributed by atoms with Crippen molar-refractivity contribution in [2.45, 2.75) is 11.3 Å². The molecule has 1 aliphatic rings. The van der Waals surface area contributed by atoms with Gasteiger partial charge in [0.25, 0.3) is 0 Å². The van der Waals surface area contributed by atoms with Gasteiger partial charge in [-0.2, -0.15) is 0 Å². The van der Waals surface area contributed by atoms with Crippen LogP contribution < -0.4 is 10.5 Å². The van der Waals surface area contributed by atoms with Crippen molar-refractivity contribution >= 4 is 40.4 Å². The van der Waals surface area contributed by atoms with Crippen molar-refractivity contribution in [3.63, 3.8) is 0 Å². The van der Waals surface area contributed by atoms with E-state index < -0.39 is 9.92 Å². The zero-order chi connectivity index (χ0) is 9.47. The third-order valence-corrected chi connectivity index (χ3v) is 3.10. The van der Waals surface area contributed by atoms with Gasteiger partial charge in [0.15, 0.2) is 0 Å². The highest BCUT2D eigenvalue weighted by atomic mass is 35.5. The first kappa shape index (κ1) is 14.5. The zero-order valence-electron chi connectivity index (χ0n) is 7.86. The van der Waals surface area contributed by atoms with E-state index in [9.17, 15) is 4.21 Å². The van der Waals surface area contributed by atoms with Crippen molar-refractivity contribution in [2.75, 3.05) is 11.9 Å². The maximum atomic E-state index is 11.2. The van der Waals surface area contributed by atoms with E-state index in [4.69, 9.17) is 9.92 Å². The molecule has 0 radical (unpaired) electrons. The van der Waals surface area contributed by atoms with Gasteiger partial charge >= 0.3 is 0 Å². The molecular formula is C8H13Cl2N3OS. The molecule has 1 unspecified atom stereocenters. The summed E-state index contributed by atoms with van der Waals surface area (Å²) in [6.45, 7) is 0.905. The maximum Gasteiger partial charge on any atom is 0.132 e. The lowest BCUT2D eigenvalue weighted by molar-refractivity contribution is 0.676. The Morgan fingerprint density at radius 2 is 2.07 bits per heavy atom. The third-order valence-electron chi connectivity index (χ3n) is 2.14. The second kappa shape index (κ2) is 5.03. The SMILES string of the molecule is Cl.Cl.N=S(N)(=O)c1ccc2c(c1)NCC2. The van der Waals surface area contributed by atoms with Crippen LogP contribution in [0.5, 0.6) is 0 Å². The lowest BCUT2D eigenvalue weighted by Crippen LogP contribution is -2.10. The van der Waals surface area contributed by atoms with Gasteiger partial charge in [-0.3, -0.25) is 0 Å². The van der Waals surface area contributed by atoms with Gasteiger partial charge in [-0.15, -0.1) is 24.8 Å². The molecule has 0 aliphatic carbocycles. The monoisotopic (exact) mass is 269 g/mol. The summed E-state index contributed by atoms with van der Waals surface area (Å²) in [6.07, 6.45) is 0.985. The number of nitrogens with one attached hydrogen (secondary N) is 2. The molecule has 0 amide bonds. The van der Waals surface area contributed by atoms with E-state index in [1.807, 2.05) is 6.07 Å². The Hall–Kier alpha value is -0.490. The summed E-state index contributed by atoms with van der Waals surface area (Å²) in [6, 6.07) is 5.25. The van der Waals surface area contributed by atoms with Gasteiger partial charge in [0, 0.05) is 12.2 Å². The molecule has 0 fully saturated rings. The highest BCUT2D eigenvalue weighted by Gasteiger charge is 2.12. The van der Waals surface area contributed by atoms with Crippen LogP contribution in [0.2, 0.25) is 0 Å². The Balaban J connectivity index is 0.000000980. The van der Waals surface area contributed by atoms with Crippen molar-refractivity contribution in [2.24, 2.45) is 5.14 Å². The van der Waals surface area contributed by atoms with Gasteiger partial charge in [-0.1, -0.05) is 6.07 Å². The Morgan fingerprint density at radius 1 is 1.40 bits per heavy atom. The molecule has 0 saturated heterocycles. The van der Waals surface area contributed by atoms with Crippen LogP contribution in [0.15, 0.2) is 23.1 Å². The summed E-state index contributed by atoms with van der Waals surface area (Å²) in [5.41, 5.74) is 2.16. The van der Waals surface area contributed by atoms with E-state index in [1.54, 1.807) is 12.1 Å². The van der Waals surface area contributed by atoms with Crippen molar-refractivity contribution in [1.82, 2.24) is 0 Å². The van der Waals surface area contributed by atoms with Crippen LogP contribution >= 0.6 is 24.8 Å². The first-order chi connectivity index (χ1) is 6.07. The predicted molar refractivity (Wildman–Crippen MR) is 66.4 cm³/mol. The fourth-order valence-corrected chi connectivity index (χ4v) is 2.02. The van der Waals surface area contributed by atoms with Gasteiger partial charge in [0.05, 0.1) is 4.90 Å². The van der Waals surface area contributed by atoms with Gasteiger partial charge in [0.2, 0.25) is 0 Å². The molecule has 0 saturated carbocycles. The molecule has 7 heteroatoms. The summed E-state index contributed by atoms with van der Waals surface area (Å²) >= 11 is 0. The van der Waals surface area contributed by atoms with E-state index in [-0.39, 0.29) is 24.8 Å². The molecule has 0 aromatic heterocycles. The Bertz CT molecular complexity index is 447. The van der Waals surface area contributed by atoms with Crippen LogP contribution in [0.25, 0.3) is 0 Å². The smallest absolute Gasteiger partial charge is 0.132 e. The first-order valence-electron chi connectivity index (χ1n) is 4.01. The van der Waals surface area contributed by atoms with Crippen molar-refractivity contribution < 1.29 is 4.21 Å². The Kier molecular flexibility index (Phi) is 4.86. The van der Waals surface area contributed by atoms with E-state index >= 15 is 0 Å². The minimum Gasteiger partial charge on any atom is -0.384 e. The number of anilines is 1. The molecule has 1 aliphatic heterocycles. The third kappa shape index (κ3) is 2.98. The van der Waals surface area contributed by atoms with Gasteiger partial charge in [-0.25, -0.2) is 14.1 Å². The molecule has 4 nitrogen and oxygen atoms in total. The van der Waals surface area contributed by atoms with E-state index in [0.717, 1.165) is 18.7 Å². The summed E-state index contributed by atoms with van der Waals surface area (Å²) in [5, 5.41) is 8.37. The number of benzene rings is 1. The Labute approximate surface area is 102 Å². The van der Waals surface area contributed by atoms with Gasteiger partial charge < -0.3 is 5.32 Å².